The summed E-state index contributed by atoms with van der Waals surface area (Å²) in [5.74, 6) is -2.93. The molecule has 0 saturated carbocycles. The van der Waals surface area contributed by atoms with Crippen molar-refractivity contribution in [1.29, 1.82) is 5.26 Å². The second-order valence-corrected chi connectivity index (χ2v) is 5.79. The van der Waals surface area contributed by atoms with Gasteiger partial charge in [-0.25, -0.2) is 14.2 Å². The van der Waals surface area contributed by atoms with Gasteiger partial charge in [-0.1, -0.05) is 12.1 Å². The van der Waals surface area contributed by atoms with Gasteiger partial charge in [-0.15, -0.1) is 0 Å². The number of nitrogens with zero attached hydrogens (tertiary/aromatic N) is 2. The number of hydrogen-bond donors (Lipinski definition) is 3. The number of nitrogen functional groups attached to an aromatic ring is 1. The van der Waals surface area contributed by atoms with E-state index in [1.54, 1.807) is 30.3 Å². The molecule has 0 fully saturated rings. The number of aromatic hydroxyl groups is 1. The van der Waals surface area contributed by atoms with Crippen molar-refractivity contribution in [2.24, 2.45) is 0 Å². The fourth-order valence-corrected chi connectivity index (χ4v) is 2.35. The fourth-order valence-electron chi connectivity index (χ4n) is 2.35. The largest absolute Gasteiger partial charge is 0.508 e. The lowest BCUT2D eigenvalue weighted by Gasteiger charge is -2.10. The number of rotatable bonds is 2. The lowest BCUT2D eigenvalue weighted by molar-refractivity contribution is -0.192. The molecule has 0 aliphatic carbocycles. The zero-order valence-electron chi connectivity index (χ0n) is 15.0. The van der Waals surface area contributed by atoms with Crippen molar-refractivity contribution < 1.29 is 32.6 Å². The van der Waals surface area contributed by atoms with Gasteiger partial charge in [0.05, 0.1) is 5.69 Å². The number of aromatic nitrogens is 1. The molecular weight excluding hydrogens is 406 g/mol. The number of aliphatic carboxylic acids is 1. The number of halogens is 4. The van der Waals surface area contributed by atoms with Crippen molar-refractivity contribution in [2.75, 3.05) is 5.73 Å². The molecule has 0 aliphatic rings. The molecule has 1 aromatic heterocycles. The molecule has 10 heteroatoms. The van der Waals surface area contributed by atoms with Gasteiger partial charge in [-0.3, -0.25) is 0 Å². The van der Waals surface area contributed by atoms with Crippen LogP contribution in [0.25, 0.3) is 22.4 Å². The Morgan fingerprint density at radius 3 is 2.17 bits per heavy atom. The van der Waals surface area contributed by atoms with Crippen molar-refractivity contribution in [1.82, 2.24) is 4.98 Å². The summed E-state index contributed by atoms with van der Waals surface area (Å²) < 4.78 is 45.2. The molecule has 0 saturated heterocycles. The first kappa shape index (κ1) is 22.2. The first-order valence-electron chi connectivity index (χ1n) is 8.09. The monoisotopic (exact) mass is 419 g/mol. The highest BCUT2D eigenvalue weighted by atomic mass is 19.4. The third-order valence-electron chi connectivity index (χ3n) is 3.70. The second-order valence-electron chi connectivity index (χ2n) is 5.79. The molecule has 154 valence electrons. The van der Waals surface area contributed by atoms with Gasteiger partial charge in [0, 0.05) is 11.1 Å². The van der Waals surface area contributed by atoms with Crippen LogP contribution >= 0.6 is 0 Å². The standard InChI is InChI=1S/C18H12FN3O.C2HF3O2/c19-13-3-1-2-12(8-13)15-9-17(22-18(21)16(15)10-20)11-4-6-14(23)7-5-11;3-2(4,5)1(6)7/h1-9,23H,(H2,21,22);(H,6,7). The van der Waals surface area contributed by atoms with Crippen LogP contribution in [0.1, 0.15) is 5.56 Å². The molecule has 1 heterocycles. The lowest BCUT2D eigenvalue weighted by atomic mass is 9.98. The Morgan fingerprint density at radius 2 is 1.67 bits per heavy atom. The number of hydrogen-bond acceptors (Lipinski definition) is 5. The van der Waals surface area contributed by atoms with Gasteiger partial charge >= 0.3 is 12.1 Å². The van der Waals surface area contributed by atoms with E-state index in [0.717, 1.165) is 5.56 Å². The smallest absolute Gasteiger partial charge is 0.490 e. The summed E-state index contributed by atoms with van der Waals surface area (Å²) >= 11 is 0. The highest BCUT2D eigenvalue weighted by Gasteiger charge is 2.38. The minimum Gasteiger partial charge on any atom is -0.508 e. The number of nitriles is 1. The molecule has 3 rings (SSSR count). The molecule has 0 spiro atoms. The predicted molar refractivity (Wildman–Crippen MR) is 99.6 cm³/mol. The zero-order chi connectivity index (χ0) is 22.5. The Kier molecular flexibility index (Phi) is 6.59. The maximum Gasteiger partial charge on any atom is 0.490 e. The highest BCUT2D eigenvalue weighted by molar-refractivity contribution is 5.80. The van der Waals surface area contributed by atoms with Gasteiger partial charge in [-0.05, 0) is 48.0 Å². The maximum atomic E-state index is 13.5. The predicted octanol–water partition coefficient (Wildman–Crippen LogP) is 4.35. The van der Waals surface area contributed by atoms with Crippen molar-refractivity contribution in [3.05, 3.63) is 66.0 Å². The number of benzene rings is 2. The van der Waals surface area contributed by atoms with Gasteiger partial charge in [0.15, 0.2) is 0 Å². The van der Waals surface area contributed by atoms with E-state index in [4.69, 9.17) is 15.6 Å². The Labute approximate surface area is 167 Å². The number of anilines is 1. The zero-order valence-corrected chi connectivity index (χ0v) is 15.0. The van der Waals surface area contributed by atoms with Crippen LogP contribution in [0.4, 0.5) is 23.4 Å². The van der Waals surface area contributed by atoms with Crippen LogP contribution in [-0.4, -0.2) is 27.3 Å². The molecule has 30 heavy (non-hydrogen) atoms. The normalized spacial score (nSPS) is 10.5. The summed E-state index contributed by atoms with van der Waals surface area (Å²) in [4.78, 5) is 13.1. The molecule has 0 amide bonds. The summed E-state index contributed by atoms with van der Waals surface area (Å²) in [5.41, 5.74) is 8.45. The summed E-state index contributed by atoms with van der Waals surface area (Å²) in [7, 11) is 0. The number of phenolic OH excluding ortho intramolecular Hbond substituents is 1. The molecule has 0 bridgehead atoms. The fraction of sp³-hybridized carbons (Fsp3) is 0.0500. The summed E-state index contributed by atoms with van der Waals surface area (Å²) in [6.07, 6.45) is -5.08. The first-order valence-corrected chi connectivity index (χ1v) is 8.09. The van der Waals surface area contributed by atoms with Crippen LogP contribution in [0.15, 0.2) is 54.6 Å². The Hall–Kier alpha value is -4.13. The summed E-state index contributed by atoms with van der Waals surface area (Å²) in [6.45, 7) is 0. The van der Waals surface area contributed by atoms with Gasteiger partial charge < -0.3 is 15.9 Å². The summed E-state index contributed by atoms with van der Waals surface area (Å²) in [6, 6.07) is 16.1. The molecule has 0 radical (unpaired) electrons. The minimum atomic E-state index is -5.08. The third kappa shape index (κ3) is 5.45. The molecule has 6 nitrogen and oxygen atoms in total. The van der Waals surface area contributed by atoms with Crippen molar-refractivity contribution in [3.8, 4) is 34.2 Å². The van der Waals surface area contributed by atoms with E-state index >= 15 is 0 Å². The summed E-state index contributed by atoms with van der Waals surface area (Å²) in [5, 5.41) is 25.8. The molecule has 4 N–H and O–H groups in total. The van der Waals surface area contributed by atoms with E-state index in [1.165, 1.54) is 24.3 Å². The number of alkyl halides is 3. The van der Waals surface area contributed by atoms with Crippen LogP contribution < -0.4 is 5.73 Å². The van der Waals surface area contributed by atoms with E-state index in [9.17, 15) is 27.9 Å². The van der Waals surface area contributed by atoms with Crippen LogP contribution in [0.3, 0.4) is 0 Å². The van der Waals surface area contributed by atoms with Crippen LogP contribution in [-0.2, 0) is 4.79 Å². The van der Waals surface area contributed by atoms with Crippen molar-refractivity contribution in [3.63, 3.8) is 0 Å². The third-order valence-corrected chi connectivity index (χ3v) is 3.70. The number of carboxylic acid groups (broad SMARTS) is 1. The van der Waals surface area contributed by atoms with E-state index in [2.05, 4.69) is 4.98 Å². The first-order chi connectivity index (χ1) is 14.0. The quantitative estimate of drug-likeness (QED) is 0.531. The number of carbonyl (C=O) groups is 1. The van der Waals surface area contributed by atoms with Gasteiger partial charge in [-0.2, -0.15) is 18.4 Å². The van der Waals surface area contributed by atoms with Crippen LogP contribution in [0, 0.1) is 17.1 Å². The van der Waals surface area contributed by atoms with Gasteiger partial charge in [0.1, 0.15) is 29.0 Å². The molecule has 2 aromatic carbocycles. The van der Waals surface area contributed by atoms with Crippen molar-refractivity contribution in [2.45, 2.75) is 6.18 Å². The van der Waals surface area contributed by atoms with Gasteiger partial charge in [0.2, 0.25) is 0 Å². The second kappa shape index (κ2) is 8.91. The highest BCUT2D eigenvalue weighted by Crippen LogP contribution is 2.31. The van der Waals surface area contributed by atoms with E-state index in [-0.39, 0.29) is 17.1 Å². The Morgan fingerprint density at radius 1 is 1.07 bits per heavy atom. The molecule has 0 unspecified atom stereocenters. The van der Waals surface area contributed by atoms with E-state index in [0.29, 0.717) is 16.8 Å². The SMILES string of the molecule is N#Cc1c(-c2cccc(F)c2)cc(-c2ccc(O)cc2)nc1N.O=C(O)C(F)(F)F. The van der Waals surface area contributed by atoms with E-state index < -0.39 is 18.0 Å². The van der Waals surface area contributed by atoms with Crippen LogP contribution in [0.2, 0.25) is 0 Å². The average Bonchev–Trinajstić information content (AvgIpc) is 2.67. The maximum absolute atomic E-state index is 13.5. The molecule has 0 aliphatic heterocycles. The number of carboxylic acids is 1. The number of nitrogens with two attached hydrogens (primary N) is 1. The number of phenols is 1. The molecule has 3 aromatic rings. The van der Waals surface area contributed by atoms with Crippen molar-refractivity contribution >= 4 is 11.8 Å². The van der Waals surface area contributed by atoms with Crippen LogP contribution in [0.5, 0.6) is 5.75 Å². The van der Waals surface area contributed by atoms with E-state index in [1.807, 2.05) is 6.07 Å². The molecule has 0 atom stereocenters. The minimum absolute atomic E-state index is 0.0809. The van der Waals surface area contributed by atoms with Gasteiger partial charge in [0.25, 0.3) is 0 Å². The average molecular weight is 419 g/mol. The molecular formula is C20H13F4N3O3. The Bertz CT molecular complexity index is 1110. The number of pyridine rings is 1. The lowest BCUT2D eigenvalue weighted by Crippen LogP contribution is -2.21. The Balaban J connectivity index is 0.000000396. The topological polar surface area (TPSA) is 120 Å².